The van der Waals surface area contributed by atoms with Gasteiger partial charge in [-0.25, -0.2) is 4.98 Å². The summed E-state index contributed by atoms with van der Waals surface area (Å²) < 4.78 is 5.63. The van der Waals surface area contributed by atoms with Crippen LogP contribution < -0.4 is 10.2 Å². The van der Waals surface area contributed by atoms with Gasteiger partial charge in [-0.05, 0) is 24.8 Å². The first-order valence-corrected chi connectivity index (χ1v) is 8.86. The van der Waals surface area contributed by atoms with Gasteiger partial charge in [0.1, 0.15) is 0 Å². The molecule has 1 aromatic rings. The Hall–Kier alpha value is -0.650. The zero-order valence-electron chi connectivity index (χ0n) is 14.0. The highest BCUT2D eigenvalue weighted by Crippen LogP contribution is 2.33. The summed E-state index contributed by atoms with van der Waals surface area (Å²) in [4.78, 5) is 8.72. The van der Waals surface area contributed by atoms with Crippen molar-refractivity contribution in [1.29, 1.82) is 0 Å². The smallest absolute Gasteiger partial charge is 0.185 e. The Labute approximate surface area is 132 Å². The average Bonchev–Trinajstić information content (AvgIpc) is 2.90. The van der Waals surface area contributed by atoms with Gasteiger partial charge in [-0.2, -0.15) is 0 Å². The van der Waals surface area contributed by atoms with Gasteiger partial charge in [-0.3, -0.25) is 0 Å². The fraction of sp³-hybridized carbons (Fsp3) is 0.812. The lowest BCUT2D eigenvalue weighted by Gasteiger charge is -2.36. The van der Waals surface area contributed by atoms with Crippen LogP contribution >= 0.6 is 11.3 Å². The molecule has 0 aromatic carbocycles. The molecule has 2 unspecified atom stereocenters. The maximum Gasteiger partial charge on any atom is 0.185 e. The van der Waals surface area contributed by atoms with Crippen molar-refractivity contribution < 1.29 is 4.74 Å². The lowest BCUT2D eigenvalue weighted by Crippen LogP contribution is -2.43. The second-order valence-corrected chi connectivity index (χ2v) is 7.29. The van der Waals surface area contributed by atoms with Gasteiger partial charge in [0.05, 0.1) is 11.8 Å². The predicted octanol–water partition coefficient (Wildman–Crippen LogP) is 3.24. The molecular formula is C16H29N3OS. The third-order valence-electron chi connectivity index (χ3n) is 4.26. The first-order valence-electron chi connectivity index (χ1n) is 8.04. The van der Waals surface area contributed by atoms with Crippen LogP contribution in [0.15, 0.2) is 0 Å². The van der Waals surface area contributed by atoms with Crippen LogP contribution in [-0.4, -0.2) is 37.8 Å². The van der Waals surface area contributed by atoms with E-state index in [-0.39, 0.29) is 0 Å². The van der Waals surface area contributed by atoms with Gasteiger partial charge < -0.3 is 15.0 Å². The predicted molar refractivity (Wildman–Crippen MR) is 90.4 cm³/mol. The number of hydrogen-bond donors (Lipinski definition) is 1. The van der Waals surface area contributed by atoms with Crippen LogP contribution in [0.4, 0.5) is 5.13 Å². The second-order valence-electron chi connectivity index (χ2n) is 6.23. The zero-order valence-corrected chi connectivity index (χ0v) is 14.8. The molecule has 1 aliphatic rings. The number of rotatable bonds is 6. The number of nitrogens with one attached hydrogen (secondary N) is 1. The molecule has 2 heterocycles. The van der Waals surface area contributed by atoms with Crippen molar-refractivity contribution in [3.63, 3.8) is 0 Å². The van der Waals surface area contributed by atoms with Gasteiger partial charge >= 0.3 is 0 Å². The summed E-state index contributed by atoms with van der Waals surface area (Å²) in [6.45, 7) is 12.9. The van der Waals surface area contributed by atoms with E-state index in [9.17, 15) is 0 Å². The Morgan fingerprint density at radius 1 is 1.48 bits per heavy atom. The Morgan fingerprint density at radius 2 is 2.24 bits per heavy atom. The fourth-order valence-corrected chi connectivity index (χ4v) is 4.04. The normalized spacial score (nSPS) is 23.0. The molecule has 21 heavy (non-hydrogen) atoms. The number of ether oxygens (including phenoxy) is 1. The minimum Gasteiger partial charge on any atom is -0.379 e. The molecule has 0 aliphatic carbocycles. The molecule has 1 aliphatic heterocycles. The van der Waals surface area contributed by atoms with Crippen molar-refractivity contribution in [1.82, 2.24) is 10.3 Å². The number of nitrogens with zero attached hydrogens (tertiary/aromatic N) is 2. The van der Waals surface area contributed by atoms with Crippen molar-refractivity contribution in [3.05, 3.63) is 10.6 Å². The minimum atomic E-state index is 0.322. The molecule has 2 rings (SSSR count). The lowest BCUT2D eigenvalue weighted by atomic mass is 9.96. The molecule has 1 N–H and O–H groups in total. The highest BCUT2D eigenvalue weighted by Gasteiger charge is 2.28. The highest BCUT2D eigenvalue weighted by atomic mass is 32.1. The van der Waals surface area contributed by atoms with Crippen LogP contribution in [0.2, 0.25) is 0 Å². The Bertz CT molecular complexity index is 447. The third-order valence-corrected chi connectivity index (χ3v) is 5.39. The molecule has 0 spiro atoms. The SMILES string of the molecule is CCNCc1sc(N2CCC(C)C(OC)C2)nc1C(C)C. The minimum absolute atomic E-state index is 0.322. The van der Waals surface area contributed by atoms with Gasteiger partial charge in [0.25, 0.3) is 0 Å². The van der Waals surface area contributed by atoms with Crippen molar-refractivity contribution in [2.24, 2.45) is 5.92 Å². The van der Waals surface area contributed by atoms with Gasteiger partial charge in [-0.1, -0.05) is 27.7 Å². The summed E-state index contributed by atoms with van der Waals surface area (Å²) in [6.07, 6.45) is 1.50. The summed E-state index contributed by atoms with van der Waals surface area (Å²) in [5.74, 6) is 1.11. The van der Waals surface area contributed by atoms with E-state index in [2.05, 4.69) is 37.9 Å². The van der Waals surface area contributed by atoms with E-state index in [1.807, 2.05) is 18.4 Å². The van der Waals surface area contributed by atoms with Gasteiger partial charge in [0.2, 0.25) is 0 Å². The highest BCUT2D eigenvalue weighted by molar-refractivity contribution is 7.15. The Morgan fingerprint density at radius 3 is 2.86 bits per heavy atom. The van der Waals surface area contributed by atoms with Crippen molar-refractivity contribution in [2.75, 3.05) is 31.6 Å². The number of hydrogen-bond acceptors (Lipinski definition) is 5. The van der Waals surface area contributed by atoms with Gasteiger partial charge in [0.15, 0.2) is 5.13 Å². The number of piperidine rings is 1. The summed E-state index contributed by atoms with van der Waals surface area (Å²) in [5.41, 5.74) is 1.25. The van der Waals surface area contributed by atoms with Gasteiger partial charge in [0, 0.05) is 31.6 Å². The number of methoxy groups -OCH3 is 1. The summed E-state index contributed by atoms with van der Waals surface area (Å²) >= 11 is 1.84. The monoisotopic (exact) mass is 311 g/mol. The van der Waals surface area contributed by atoms with Gasteiger partial charge in [-0.15, -0.1) is 11.3 Å². The van der Waals surface area contributed by atoms with Crippen LogP contribution in [-0.2, 0) is 11.3 Å². The van der Waals surface area contributed by atoms with Crippen molar-refractivity contribution >= 4 is 16.5 Å². The molecule has 0 saturated carbocycles. The molecule has 4 nitrogen and oxygen atoms in total. The first kappa shape index (κ1) is 16.7. The Kier molecular flexibility index (Phi) is 6.02. The van der Waals surface area contributed by atoms with Crippen LogP contribution in [0.1, 0.15) is 50.6 Å². The summed E-state index contributed by atoms with van der Waals surface area (Å²) in [6, 6.07) is 0. The maximum absolute atomic E-state index is 5.63. The number of thiazole rings is 1. The molecule has 0 bridgehead atoms. The molecule has 1 fully saturated rings. The fourth-order valence-electron chi connectivity index (χ4n) is 2.82. The molecule has 0 amide bonds. The standard InChI is InChI=1S/C16H29N3OS/c1-6-17-9-14-15(11(2)3)18-16(21-14)19-8-7-12(4)13(10-19)20-5/h11-13,17H,6-10H2,1-5H3. The van der Waals surface area contributed by atoms with E-state index in [4.69, 9.17) is 9.72 Å². The molecule has 1 aromatic heterocycles. The van der Waals surface area contributed by atoms with Crippen molar-refractivity contribution in [3.8, 4) is 0 Å². The second kappa shape index (κ2) is 7.56. The quantitative estimate of drug-likeness (QED) is 0.875. The molecule has 0 radical (unpaired) electrons. The van der Waals surface area contributed by atoms with E-state index in [1.54, 1.807) is 0 Å². The maximum atomic E-state index is 5.63. The lowest BCUT2D eigenvalue weighted by molar-refractivity contribution is 0.0498. The van der Waals surface area contributed by atoms with E-state index < -0.39 is 0 Å². The summed E-state index contributed by atoms with van der Waals surface area (Å²) in [5, 5.41) is 4.60. The topological polar surface area (TPSA) is 37.4 Å². The van der Waals surface area contributed by atoms with Crippen molar-refractivity contribution in [2.45, 2.75) is 52.7 Å². The van der Waals surface area contributed by atoms with E-state index in [0.29, 0.717) is 17.9 Å². The largest absolute Gasteiger partial charge is 0.379 e. The molecule has 120 valence electrons. The first-order chi connectivity index (χ1) is 10.1. The molecular weight excluding hydrogens is 282 g/mol. The van der Waals surface area contributed by atoms with E-state index in [1.165, 1.54) is 22.1 Å². The van der Waals surface area contributed by atoms with Crippen LogP contribution in [0.3, 0.4) is 0 Å². The number of aromatic nitrogens is 1. The third kappa shape index (κ3) is 3.96. The molecule has 1 saturated heterocycles. The molecule has 5 heteroatoms. The molecule has 2 atom stereocenters. The van der Waals surface area contributed by atoms with Crippen LogP contribution in [0, 0.1) is 5.92 Å². The zero-order chi connectivity index (χ0) is 15.4. The summed E-state index contributed by atoms with van der Waals surface area (Å²) in [7, 11) is 1.82. The average molecular weight is 311 g/mol. The van der Waals surface area contributed by atoms with Crippen LogP contribution in [0.25, 0.3) is 0 Å². The van der Waals surface area contributed by atoms with E-state index >= 15 is 0 Å². The Balaban J connectivity index is 2.15. The number of anilines is 1. The van der Waals surface area contributed by atoms with Crippen LogP contribution in [0.5, 0.6) is 0 Å². The van der Waals surface area contributed by atoms with E-state index in [0.717, 1.165) is 26.2 Å².